The lowest BCUT2D eigenvalue weighted by molar-refractivity contribution is -0.0199. The van der Waals surface area contributed by atoms with Crippen molar-refractivity contribution in [1.82, 2.24) is 4.90 Å². The van der Waals surface area contributed by atoms with Gasteiger partial charge in [0.1, 0.15) is 0 Å². The molecule has 2 atom stereocenters. The average Bonchev–Trinajstić information content (AvgIpc) is 2.46. The van der Waals surface area contributed by atoms with Crippen LogP contribution in [0.1, 0.15) is 18.5 Å². The molecule has 106 valence electrons. The second kappa shape index (κ2) is 5.92. The molecule has 1 aliphatic rings. The highest BCUT2D eigenvalue weighted by Crippen LogP contribution is 2.24. The highest BCUT2D eigenvalue weighted by Gasteiger charge is 2.20. The standard InChI is InChI=1S/C17H22N2O/c1-13-11-19(9-10-20-13)12-17(18)16-8-4-6-14-5-2-3-7-15(14)16/h2-8,13,17H,9-12,18H2,1H3. The van der Waals surface area contributed by atoms with Crippen LogP contribution in [0.5, 0.6) is 0 Å². The summed E-state index contributed by atoms with van der Waals surface area (Å²) >= 11 is 0. The van der Waals surface area contributed by atoms with Crippen molar-refractivity contribution in [2.45, 2.75) is 19.1 Å². The summed E-state index contributed by atoms with van der Waals surface area (Å²) < 4.78 is 5.58. The Bertz CT molecular complexity index is 579. The lowest BCUT2D eigenvalue weighted by Gasteiger charge is -2.33. The summed E-state index contributed by atoms with van der Waals surface area (Å²) in [4.78, 5) is 2.40. The number of nitrogens with zero attached hydrogens (tertiary/aromatic N) is 1. The molecule has 3 heteroatoms. The Kier molecular flexibility index (Phi) is 4.01. The zero-order valence-corrected chi connectivity index (χ0v) is 12.0. The highest BCUT2D eigenvalue weighted by molar-refractivity contribution is 5.86. The van der Waals surface area contributed by atoms with Gasteiger partial charge < -0.3 is 10.5 Å². The van der Waals surface area contributed by atoms with E-state index in [9.17, 15) is 0 Å². The van der Waals surface area contributed by atoms with Crippen molar-refractivity contribution in [2.24, 2.45) is 5.73 Å². The van der Waals surface area contributed by atoms with Gasteiger partial charge in [0.2, 0.25) is 0 Å². The second-order valence-corrected chi connectivity index (χ2v) is 5.62. The molecule has 2 aromatic rings. The third kappa shape index (κ3) is 2.85. The SMILES string of the molecule is CC1CN(CC(N)c2cccc3ccccc23)CCO1. The molecule has 2 aromatic carbocycles. The number of morpholine rings is 1. The van der Waals surface area contributed by atoms with Crippen LogP contribution in [0.15, 0.2) is 42.5 Å². The van der Waals surface area contributed by atoms with Crippen molar-refractivity contribution < 1.29 is 4.74 Å². The van der Waals surface area contributed by atoms with E-state index in [2.05, 4.69) is 54.3 Å². The topological polar surface area (TPSA) is 38.5 Å². The molecule has 0 radical (unpaired) electrons. The number of benzene rings is 2. The smallest absolute Gasteiger partial charge is 0.0674 e. The van der Waals surface area contributed by atoms with Crippen molar-refractivity contribution in [1.29, 1.82) is 0 Å². The van der Waals surface area contributed by atoms with E-state index in [0.29, 0.717) is 6.10 Å². The quantitative estimate of drug-likeness (QED) is 0.931. The maximum atomic E-state index is 6.45. The third-order valence-electron chi connectivity index (χ3n) is 4.00. The van der Waals surface area contributed by atoms with Crippen LogP contribution in [-0.4, -0.2) is 37.2 Å². The molecule has 2 unspecified atom stereocenters. The first-order valence-corrected chi connectivity index (χ1v) is 7.31. The van der Waals surface area contributed by atoms with Gasteiger partial charge in [-0.25, -0.2) is 0 Å². The van der Waals surface area contributed by atoms with E-state index in [4.69, 9.17) is 10.5 Å². The van der Waals surface area contributed by atoms with Crippen LogP contribution in [0.25, 0.3) is 10.8 Å². The van der Waals surface area contributed by atoms with Crippen LogP contribution in [0, 0.1) is 0 Å². The predicted molar refractivity (Wildman–Crippen MR) is 82.7 cm³/mol. The molecule has 0 aromatic heterocycles. The molecule has 3 nitrogen and oxygen atoms in total. The molecule has 1 fully saturated rings. The fourth-order valence-corrected chi connectivity index (χ4v) is 3.01. The molecule has 1 aliphatic heterocycles. The number of rotatable bonds is 3. The molecule has 0 aliphatic carbocycles. The van der Waals surface area contributed by atoms with Crippen LogP contribution in [0.4, 0.5) is 0 Å². The Morgan fingerprint density at radius 1 is 1.25 bits per heavy atom. The maximum absolute atomic E-state index is 6.45. The van der Waals surface area contributed by atoms with Gasteiger partial charge in [0.15, 0.2) is 0 Å². The molecule has 0 spiro atoms. The molecule has 20 heavy (non-hydrogen) atoms. The van der Waals surface area contributed by atoms with Gasteiger partial charge in [-0.3, -0.25) is 4.90 Å². The molecule has 1 heterocycles. The van der Waals surface area contributed by atoms with E-state index in [-0.39, 0.29) is 6.04 Å². The van der Waals surface area contributed by atoms with Crippen molar-refractivity contribution in [3.8, 4) is 0 Å². The molecule has 2 N–H and O–H groups in total. The van der Waals surface area contributed by atoms with Gasteiger partial charge >= 0.3 is 0 Å². The zero-order valence-electron chi connectivity index (χ0n) is 12.0. The monoisotopic (exact) mass is 270 g/mol. The first-order valence-electron chi connectivity index (χ1n) is 7.31. The largest absolute Gasteiger partial charge is 0.376 e. The number of fused-ring (bicyclic) bond motifs is 1. The first-order chi connectivity index (χ1) is 9.74. The van der Waals surface area contributed by atoms with Gasteiger partial charge in [-0.15, -0.1) is 0 Å². The van der Waals surface area contributed by atoms with Crippen LogP contribution in [-0.2, 0) is 4.74 Å². The van der Waals surface area contributed by atoms with Crippen LogP contribution >= 0.6 is 0 Å². The van der Waals surface area contributed by atoms with Gasteiger partial charge in [0.25, 0.3) is 0 Å². The summed E-state index contributed by atoms with van der Waals surface area (Å²) in [5.41, 5.74) is 7.69. The maximum Gasteiger partial charge on any atom is 0.0674 e. The van der Waals surface area contributed by atoms with Gasteiger partial charge in [-0.05, 0) is 23.3 Å². The second-order valence-electron chi connectivity index (χ2n) is 5.62. The minimum Gasteiger partial charge on any atom is -0.376 e. The fourth-order valence-electron chi connectivity index (χ4n) is 3.01. The number of nitrogens with two attached hydrogens (primary N) is 1. The fraction of sp³-hybridized carbons (Fsp3) is 0.412. The van der Waals surface area contributed by atoms with Gasteiger partial charge in [-0.2, -0.15) is 0 Å². The highest BCUT2D eigenvalue weighted by atomic mass is 16.5. The lowest BCUT2D eigenvalue weighted by atomic mass is 9.99. The Labute approximate surface area is 120 Å². The summed E-state index contributed by atoms with van der Waals surface area (Å²) in [6.07, 6.45) is 0.309. The minimum atomic E-state index is 0.0476. The van der Waals surface area contributed by atoms with Crippen molar-refractivity contribution in [3.63, 3.8) is 0 Å². The van der Waals surface area contributed by atoms with Gasteiger partial charge in [-0.1, -0.05) is 42.5 Å². The summed E-state index contributed by atoms with van der Waals surface area (Å²) in [5.74, 6) is 0. The summed E-state index contributed by atoms with van der Waals surface area (Å²) in [6, 6.07) is 14.9. The number of hydrogen-bond donors (Lipinski definition) is 1. The molecule has 0 bridgehead atoms. The molecular weight excluding hydrogens is 248 g/mol. The summed E-state index contributed by atoms with van der Waals surface area (Å²) in [7, 11) is 0. The average molecular weight is 270 g/mol. The molecule has 1 saturated heterocycles. The number of hydrogen-bond acceptors (Lipinski definition) is 3. The van der Waals surface area contributed by atoms with Crippen molar-refractivity contribution in [2.75, 3.05) is 26.2 Å². The Morgan fingerprint density at radius 2 is 2.05 bits per heavy atom. The van der Waals surface area contributed by atoms with E-state index in [0.717, 1.165) is 26.2 Å². The molecular formula is C17H22N2O. The lowest BCUT2D eigenvalue weighted by Crippen LogP contribution is -2.44. The zero-order chi connectivity index (χ0) is 13.9. The van der Waals surface area contributed by atoms with Crippen molar-refractivity contribution in [3.05, 3.63) is 48.0 Å². The van der Waals surface area contributed by atoms with Crippen LogP contribution < -0.4 is 5.73 Å². The Hall–Kier alpha value is -1.42. The van der Waals surface area contributed by atoms with E-state index in [1.54, 1.807) is 0 Å². The van der Waals surface area contributed by atoms with E-state index in [1.807, 2.05) is 0 Å². The van der Waals surface area contributed by atoms with Gasteiger partial charge in [0, 0.05) is 25.7 Å². The number of ether oxygens (including phenoxy) is 1. The molecule has 0 amide bonds. The van der Waals surface area contributed by atoms with E-state index in [1.165, 1.54) is 16.3 Å². The normalized spacial score (nSPS) is 22.0. The molecule has 0 saturated carbocycles. The Morgan fingerprint density at radius 3 is 2.90 bits per heavy atom. The van der Waals surface area contributed by atoms with E-state index >= 15 is 0 Å². The predicted octanol–water partition coefficient (Wildman–Crippen LogP) is 2.56. The Balaban J connectivity index is 1.80. The van der Waals surface area contributed by atoms with Gasteiger partial charge in [0.05, 0.1) is 12.7 Å². The van der Waals surface area contributed by atoms with Crippen LogP contribution in [0.3, 0.4) is 0 Å². The summed E-state index contributed by atoms with van der Waals surface area (Å²) in [6.45, 7) is 5.77. The third-order valence-corrected chi connectivity index (χ3v) is 4.00. The van der Waals surface area contributed by atoms with Crippen molar-refractivity contribution >= 4 is 10.8 Å². The van der Waals surface area contributed by atoms with E-state index < -0.39 is 0 Å². The molecule has 3 rings (SSSR count). The summed E-state index contributed by atoms with van der Waals surface area (Å²) in [5, 5.41) is 2.53. The van der Waals surface area contributed by atoms with Crippen LogP contribution in [0.2, 0.25) is 0 Å². The first kappa shape index (κ1) is 13.6. The minimum absolute atomic E-state index is 0.0476.